The quantitative estimate of drug-likeness (QED) is 0.746. The van der Waals surface area contributed by atoms with Crippen molar-refractivity contribution in [1.82, 2.24) is 0 Å². The monoisotopic (exact) mass is 252 g/mol. The SMILES string of the molecule is CCCOc1ccc(C(O)CCCC(=O)O)cc1. The number of aliphatic hydroxyl groups excluding tert-OH is 1. The highest BCUT2D eigenvalue weighted by Crippen LogP contribution is 2.22. The van der Waals surface area contributed by atoms with Crippen molar-refractivity contribution in [1.29, 1.82) is 0 Å². The zero-order valence-corrected chi connectivity index (χ0v) is 10.6. The molecule has 1 atom stereocenters. The van der Waals surface area contributed by atoms with E-state index in [9.17, 15) is 9.90 Å². The fourth-order valence-corrected chi connectivity index (χ4v) is 1.62. The van der Waals surface area contributed by atoms with Crippen LogP contribution in [-0.2, 0) is 4.79 Å². The molecule has 0 aliphatic rings. The second kappa shape index (κ2) is 7.71. The summed E-state index contributed by atoms with van der Waals surface area (Å²) in [5.41, 5.74) is 0.796. The van der Waals surface area contributed by atoms with E-state index in [-0.39, 0.29) is 6.42 Å². The van der Waals surface area contributed by atoms with E-state index in [1.165, 1.54) is 0 Å². The number of ether oxygens (including phenoxy) is 1. The summed E-state index contributed by atoms with van der Waals surface area (Å²) in [7, 11) is 0. The average Bonchev–Trinajstić information content (AvgIpc) is 2.36. The van der Waals surface area contributed by atoms with Gasteiger partial charge in [0, 0.05) is 6.42 Å². The normalized spacial score (nSPS) is 12.1. The lowest BCUT2D eigenvalue weighted by Gasteiger charge is -2.11. The molecule has 0 radical (unpaired) electrons. The lowest BCUT2D eigenvalue weighted by atomic mass is 10.0. The highest BCUT2D eigenvalue weighted by Gasteiger charge is 2.08. The van der Waals surface area contributed by atoms with Crippen molar-refractivity contribution in [3.8, 4) is 5.75 Å². The number of carboxylic acid groups (broad SMARTS) is 1. The van der Waals surface area contributed by atoms with Crippen LogP contribution in [0.3, 0.4) is 0 Å². The third kappa shape index (κ3) is 5.19. The molecule has 4 heteroatoms. The number of aliphatic hydroxyl groups is 1. The molecule has 0 saturated heterocycles. The number of aliphatic carboxylic acids is 1. The van der Waals surface area contributed by atoms with Crippen molar-refractivity contribution in [3.63, 3.8) is 0 Å². The molecule has 0 heterocycles. The van der Waals surface area contributed by atoms with Crippen LogP contribution >= 0.6 is 0 Å². The maximum absolute atomic E-state index is 10.4. The van der Waals surface area contributed by atoms with E-state index in [1.807, 2.05) is 31.2 Å². The Morgan fingerprint density at radius 3 is 2.56 bits per heavy atom. The average molecular weight is 252 g/mol. The summed E-state index contributed by atoms with van der Waals surface area (Å²) >= 11 is 0. The third-order valence-corrected chi connectivity index (χ3v) is 2.61. The zero-order valence-electron chi connectivity index (χ0n) is 10.6. The molecule has 4 nitrogen and oxygen atoms in total. The lowest BCUT2D eigenvalue weighted by Crippen LogP contribution is -2.01. The minimum absolute atomic E-state index is 0.0920. The van der Waals surface area contributed by atoms with Crippen LogP contribution in [0.2, 0.25) is 0 Å². The Morgan fingerprint density at radius 1 is 1.33 bits per heavy atom. The maximum atomic E-state index is 10.4. The summed E-state index contributed by atoms with van der Waals surface area (Å²) < 4.78 is 5.44. The van der Waals surface area contributed by atoms with Crippen molar-refractivity contribution in [2.45, 2.75) is 38.7 Å². The van der Waals surface area contributed by atoms with Crippen LogP contribution in [0.4, 0.5) is 0 Å². The Labute approximate surface area is 107 Å². The Kier molecular flexibility index (Phi) is 6.22. The topological polar surface area (TPSA) is 66.8 Å². The largest absolute Gasteiger partial charge is 0.494 e. The Morgan fingerprint density at radius 2 is 2.00 bits per heavy atom. The van der Waals surface area contributed by atoms with E-state index < -0.39 is 12.1 Å². The molecule has 0 aromatic heterocycles. The second-order valence-corrected chi connectivity index (χ2v) is 4.22. The van der Waals surface area contributed by atoms with E-state index >= 15 is 0 Å². The second-order valence-electron chi connectivity index (χ2n) is 4.22. The highest BCUT2D eigenvalue weighted by atomic mass is 16.5. The summed E-state index contributed by atoms with van der Waals surface area (Å²) in [5, 5.41) is 18.4. The van der Waals surface area contributed by atoms with Crippen LogP contribution in [0.5, 0.6) is 5.75 Å². The molecular weight excluding hydrogens is 232 g/mol. The standard InChI is InChI=1S/C14H20O4/c1-2-10-18-12-8-6-11(7-9-12)13(15)4-3-5-14(16)17/h6-9,13,15H,2-5,10H2,1H3,(H,16,17). The van der Waals surface area contributed by atoms with Crippen LogP contribution in [-0.4, -0.2) is 22.8 Å². The Balaban J connectivity index is 2.43. The van der Waals surface area contributed by atoms with E-state index in [1.54, 1.807) is 0 Å². The van der Waals surface area contributed by atoms with E-state index in [0.717, 1.165) is 17.7 Å². The van der Waals surface area contributed by atoms with Gasteiger partial charge in [-0.1, -0.05) is 19.1 Å². The molecule has 0 saturated carbocycles. The van der Waals surface area contributed by atoms with Gasteiger partial charge in [-0.3, -0.25) is 4.79 Å². The predicted octanol–water partition coefficient (Wildman–Crippen LogP) is 2.76. The van der Waals surface area contributed by atoms with Crippen molar-refractivity contribution in [2.24, 2.45) is 0 Å². The van der Waals surface area contributed by atoms with Crippen molar-refractivity contribution in [3.05, 3.63) is 29.8 Å². The minimum Gasteiger partial charge on any atom is -0.494 e. The van der Waals surface area contributed by atoms with E-state index in [2.05, 4.69) is 0 Å². The number of benzene rings is 1. The molecule has 0 spiro atoms. The molecule has 0 fully saturated rings. The summed E-state index contributed by atoms with van der Waals surface area (Å²) in [6, 6.07) is 7.28. The van der Waals surface area contributed by atoms with Gasteiger partial charge in [0.2, 0.25) is 0 Å². The fourth-order valence-electron chi connectivity index (χ4n) is 1.62. The van der Waals surface area contributed by atoms with Gasteiger partial charge in [-0.2, -0.15) is 0 Å². The van der Waals surface area contributed by atoms with Gasteiger partial charge in [0.05, 0.1) is 12.7 Å². The maximum Gasteiger partial charge on any atom is 0.303 e. The van der Waals surface area contributed by atoms with Gasteiger partial charge in [0.25, 0.3) is 0 Å². The van der Waals surface area contributed by atoms with Crippen LogP contribution in [0.25, 0.3) is 0 Å². The minimum atomic E-state index is -0.828. The first-order chi connectivity index (χ1) is 8.63. The molecular formula is C14H20O4. The van der Waals surface area contributed by atoms with Gasteiger partial charge in [-0.15, -0.1) is 0 Å². The Bertz CT molecular complexity index is 359. The van der Waals surface area contributed by atoms with Gasteiger partial charge in [-0.05, 0) is 37.0 Å². The molecule has 0 aliphatic heterocycles. The van der Waals surface area contributed by atoms with Gasteiger partial charge in [0.15, 0.2) is 0 Å². The van der Waals surface area contributed by atoms with Crippen molar-refractivity contribution < 1.29 is 19.7 Å². The number of carbonyl (C=O) groups is 1. The lowest BCUT2D eigenvalue weighted by molar-refractivity contribution is -0.137. The number of carboxylic acids is 1. The van der Waals surface area contributed by atoms with Gasteiger partial charge in [-0.25, -0.2) is 0 Å². The molecule has 100 valence electrons. The third-order valence-electron chi connectivity index (χ3n) is 2.61. The smallest absolute Gasteiger partial charge is 0.303 e. The fraction of sp³-hybridized carbons (Fsp3) is 0.500. The number of hydrogen-bond donors (Lipinski definition) is 2. The first-order valence-corrected chi connectivity index (χ1v) is 6.26. The molecule has 0 bridgehead atoms. The van der Waals surface area contributed by atoms with Crippen LogP contribution in [0, 0.1) is 0 Å². The summed E-state index contributed by atoms with van der Waals surface area (Å²) in [5.74, 6) is -0.0381. The molecule has 0 aliphatic carbocycles. The molecule has 1 rings (SSSR count). The molecule has 1 aromatic rings. The van der Waals surface area contributed by atoms with E-state index in [4.69, 9.17) is 9.84 Å². The van der Waals surface area contributed by atoms with Gasteiger partial charge < -0.3 is 14.9 Å². The summed E-state index contributed by atoms with van der Waals surface area (Å²) in [6.45, 7) is 2.72. The first kappa shape index (κ1) is 14.5. The molecule has 1 unspecified atom stereocenters. The molecule has 1 aromatic carbocycles. The van der Waals surface area contributed by atoms with Crippen LogP contribution in [0.15, 0.2) is 24.3 Å². The number of rotatable bonds is 8. The first-order valence-electron chi connectivity index (χ1n) is 6.26. The van der Waals surface area contributed by atoms with Crippen molar-refractivity contribution >= 4 is 5.97 Å². The summed E-state index contributed by atoms with van der Waals surface area (Å²) in [6.07, 6.45) is 1.38. The van der Waals surface area contributed by atoms with Crippen molar-refractivity contribution in [2.75, 3.05) is 6.61 Å². The molecule has 0 amide bonds. The number of hydrogen-bond acceptors (Lipinski definition) is 3. The predicted molar refractivity (Wildman–Crippen MR) is 68.7 cm³/mol. The van der Waals surface area contributed by atoms with E-state index in [0.29, 0.717) is 19.4 Å². The van der Waals surface area contributed by atoms with Gasteiger partial charge >= 0.3 is 5.97 Å². The molecule has 2 N–H and O–H groups in total. The zero-order chi connectivity index (χ0) is 13.4. The highest BCUT2D eigenvalue weighted by molar-refractivity contribution is 5.66. The Hall–Kier alpha value is -1.55. The van der Waals surface area contributed by atoms with Gasteiger partial charge in [0.1, 0.15) is 5.75 Å². The summed E-state index contributed by atoms with van der Waals surface area (Å²) in [4.78, 5) is 10.4. The molecule has 18 heavy (non-hydrogen) atoms. The van der Waals surface area contributed by atoms with Crippen LogP contribution < -0.4 is 4.74 Å². The van der Waals surface area contributed by atoms with Crippen LogP contribution in [0.1, 0.15) is 44.3 Å².